The minimum atomic E-state index is -0.358. The second-order valence-electron chi connectivity index (χ2n) is 6.58. The van der Waals surface area contributed by atoms with Crippen molar-refractivity contribution in [1.29, 1.82) is 0 Å². The topological polar surface area (TPSA) is 83.5 Å². The summed E-state index contributed by atoms with van der Waals surface area (Å²) in [5.74, 6) is 1.88. The first kappa shape index (κ1) is 23.5. The van der Waals surface area contributed by atoms with Crippen molar-refractivity contribution in [3.63, 3.8) is 0 Å². The number of ether oxygens (including phenoxy) is 5. The summed E-state index contributed by atoms with van der Waals surface area (Å²) in [6.45, 7) is 1.14. The number of thioether (sulfide) groups is 1. The van der Waals surface area contributed by atoms with E-state index in [0.717, 1.165) is 17.3 Å². The molecule has 0 spiro atoms. The predicted molar refractivity (Wildman–Crippen MR) is 122 cm³/mol. The van der Waals surface area contributed by atoms with E-state index in [-0.39, 0.29) is 24.3 Å². The van der Waals surface area contributed by atoms with Crippen LogP contribution in [-0.2, 0) is 9.53 Å². The molecule has 2 aromatic carbocycles. The van der Waals surface area contributed by atoms with Crippen LogP contribution in [0.4, 0.5) is 4.79 Å². The molecule has 1 saturated heterocycles. The van der Waals surface area contributed by atoms with E-state index in [1.807, 2.05) is 12.1 Å². The summed E-state index contributed by atoms with van der Waals surface area (Å²) in [6, 6.07) is 12.5. The lowest BCUT2D eigenvalue weighted by Crippen LogP contribution is -2.32. The zero-order chi connectivity index (χ0) is 22.9. The van der Waals surface area contributed by atoms with E-state index in [1.54, 1.807) is 50.6 Å². The molecule has 0 bridgehead atoms. The standard InChI is InChI=1S/C23H25NO7S/c1-27-12-13-31-19-9-8-16(14-20(19)29-3)15-21-22(25)24(23(26)32-21)10-11-30-18-7-5-4-6-17(18)28-2/h4-9,14-15H,10-13H2,1-3H3/b21-15-. The molecule has 2 aromatic rings. The van der Waals surface area contributed by atoms with Crippen molar-refractivity contribution in [2.24, 2.45) is 0 Å². The summed E-state index contributed by atoms with van der Waals surface area (Å²) < 4.78 is 26.9. The van der Waals surface area contributed by atoms with Gasteiger partial charge in [-0.25, -0.2) is 0 Å². The van der Waals surface area contributed by atoms with Crippen molar-refractivity contribution in [2.45, 2.75) is 0 Å². The summed E-state index contributed by atoms with van der Waals surface area (Å²) >= 11 is 0.895. The molecule has 170 valence electrons. The van der Waals surface area contributed by atoms with Crippen LogP contribution in [-0.4, -0.2) is 63.7 Å². The Balaban J connectivity index is 1.64. The molecule has 0 N–H and O–H groups in total. The van der Waals surface area contributed by atoms with Crippen molar-refractivity contribution in [2.75, 3.05) is 47.7 Å². The van der Waals surface area contributed by atoms with Gasteiger partial charge in [0.05, 0.1) is 32.3 Å². The van der Waals surface area contributed by atoms with Gasteiger partial charge < -0.3 is 23.7 Å². The molecule has 2 amide bonds. The van der Waals surface area contributed by atoms with Crippen LogP contribution >= 0.6 is 11.8 Å². The molecule has 1 fully saturated rings. The maximum atomic E-state index is 12.7. The highest BCUT2D eigenvalue weighted by Crippen LogP contribution is 2.34. The molecule has 0 aromatic heterocycles. The van der Waals surface area contributed by atoms with Crippen LogP contribution in [0.5, 0.6) is 23.0 Å². The third kappa shape index (κ3) is 5.74. The molecule has 8 nitrogen and oxygen atoms in total. The minimum absolute atomic E-state index is 0.135. The van der Waals surface area contributed by atoms with Gasteiger partial charge in [-0.3, -0.25) is 14.5 Å². The Bertz CT molecular complexity index is 992. The normalized spacial score (nSPS) is 14.7. The number of rotatable bonds is 11. The fourth-order valence-electron chi connectivity index (χ4n) is 2.96. The number of carbonyl (C=O) groups excluding carboxylic acids is 2. The highest BCUT2D eigenvalue weighted by molar-refractivity contribution is 8.18. The Morgan fingerprint density at radius 3 is 2.25 bits per heavy atom. The van der Waals surface area contributed by atoms with Crippen molar-refractivity contribution in [3.8, 4) is 23.0 Å². The average Bonchev–Trinajstić information content (AvgIpc) is 3.07. The molecule has 0 unspecified atom stereocenters. The highest BCUT2D eigenvalue weighted by atomic mass is 32.2. The SMILES string of the molecule is COCCOc1ccc(/C=C2\SC(=O)N(CCOc3ccccc3OC)C2=O)cc1OC. The first-order valence-corrected chi connectivity index (χ1v) is 10.7. The van der Waals surface area contributed by atoms with Crippen molar-refractivity contribution in [3.05, 3.63) is 52.9 Å². The predicted octanol–water partition coefficient (Wildman–Crippen LogP) is 3.84. The Morgan fingerprint density at radius 2 is 1.53 bits per heavy atom. The number of amides is 2. The number of imide groups is 1. The van der Waals surface area contributed by atoms with E-state index in [9.17, 15) is 9.59 Å². The summed E-state index contributed by atoms with van der Waals surface area (Å²) in [5, 5.41) is -0.337. The molecule has 32 heavy (non-hydrogen) atoms. The molecule has 0 radical (unpaired) electrons. The average molecular weight is 460 g/mol. The molecule has 0 atom stereocenters. The second kappa shape index (κ2) is 11.4. The zero-order valence-electron chi connectivity index (χ0n) is 18.2. The Hall–Kier alpha value is -3.17. The molecule has 9 heteroatoms. The zero-order valence-corrected chi connectivity index (χ0v) is 19.0. The summed E-state index contributed by atoms with van der Waals surface area (Å²) in [4.78, 5) is 26.6. The molecule has 1 heterocycles. The van der Waals surface area contributed by atoms with Crippen LogP contribution in [0.3, 0.4) is 0 Å². The Morgan fingerprint density at radius 1 is 0.844 bits per heavy atom. The van der Waals surface area contributed by atoms with E-state index in [2.05, 4.69) is 0 Å². The largest absolute Gasteiger partial charge is 0.493 e. The summed E-state index contributed by atoms with van der Waals surface area (Å²) in [5.41, 5.74) is 0.719. The summed E-state index contributed by atoms with van der Waals surface area (Å²) in [6.07, 6.45) is 1.66. The number of methoxy groups -OCH3 is 3. The number of carbonyl (C=O) groups is 2. The van der Waals surface area contributed by atoms with Crippen LogP contribution in [0.15, 0.2) is 47.4 Å². The smallest absolute Gasteiger partial charge is 0.293 e. The third-order valence-electron chi connectivity index (χ3n) is 4.55. The maximum absolute atomic E-state index is 12.7. The summed E-state index contributed by atoms with van der Waals surface area (Å²) in [7, 11) is 4.69. The molecular formula is C23H25NO7S. The van der Waals surface area contributed by atoms with Gasteiger partial charge in [0.2, 0.25) is 0 Å². The number of para-hydroxylation sites is 2. The van der Waals surface area contributed by atoms with Gasteiger partial charge in [0.15, 0.2) is 23.0 Å². The first-order chi connectivity index (χ1) is 15.6. The van der Waals surface area contributed by atoms with Gasteiger partial charge in [-0.1, -0.05) is 18.2 Å². The highest BCUT2D eigenvalue weighted by Gasteiger charge is 2.34. The van der Waals surface area contributed by atoms with Crippen LogP contribution < -0.4 is 18.9 Å². The van der Waals surface area contributed by atoms with E-state index < -0.39 is 0 Å². The van der Waals surface area contributed by atoms with Crippen LogP contribution in [0.2, 0.25) is 0 Å². The third-order valence-corrected chi connectivity index (χ3v) is 5.45. The molecule has 1 aliphatic rings. The Kier molecular flexibility index (Phi) is 8.41. The molecule has 0 aliphatic carbocycles. The van der Waals surface area contributed by atoms with E-state index in [0.29, 0.717) is 41.1 Å². The monoisotopic (exact) mass is 459 g/mol. The van der Waals surface area contributed by atoms with Crippen LogP contribution in [0.25, 0.3) is 6.08 Å². The van der Waals surface area contributed by atoms with Crippen molar-refractivity contribution in [1.82, 2.24) is 4.90 Å². The quantitative estimate of drug-likeness (QED) is 0.370. The Labute approximate surface area is 191 Å². The minimum Gasteiger partial charge on any atom is -0.493 e. The van der Waals surface area contributed by atoms with E-state index in [1.165, 1.54) is 12.0 Å². The maximum Gasteiger partial charge on any atom is 0.293 e. The number of benzene rings is 2. The number of hydrogen-bond donors (Lipinski definition) is 0. The van der Waals surface area contributed by atoms with Crippen molar-refractivity contribution >= 4 is 29.0 Å². The van der Waals surface area contributed by atoms with Crippen LogP contribution in [0.1, 0.15) is 5.56 Å². The first-order valence-electron chi connectivity index (χ1n) is 9.88. The fourth-order valence-corrected chi connectivity index (χ4v) is 3.82. The van der Waals surface area contributed by atoms with Gasteiger partial charge in [0, 0.05) is 7.11 Å². The second-order valence-corrected chi connectivity index (χ2v) is 7.58. The number of nitrogens with zero attached hydrogens (tertiary/aromatic N) is 1. The number of hydrogen-bond acceptors (Lipinski definition) is 8. The fraction of sp³-hybridized carbons (Fsp3) is 0.304. The molecular weight excluding hydrogens is 434 g/mol. The lowest BCUT2D eigenvalue weighted by molar-refractivity contribution is -0.123. The molecule has 3 rings (SSSR count). The molecule has 0 saturated carbocycles. The molecule has 1 aliphatic heterocycles. The van der Waals surface area contributed by atoms with Gasteiger partial charge in [0.25, 0.3) is 11.1 Å². The lowest BCUT2D eigenvalue weighted by atomic mass is 10.2. The van der Waals surface area contributed by atoms with Gasteiger partial charge in [-0.15, -0.1) is 0 Å². The van der Waals surface area contributed by atoms with Crippen LogP contribution in [0, 0.1) is 0 Å². The van der Waals surface area contributed by atoms with E-state index >= 15 is 0 Å². The van der Waals surface area contributed by atoms with Gasteiger partial charge >= 0.3 is 0 Å². The van der Waals surface area contributed by atoms with Crippen molar-refractivity contribution < 1.29 is 33.3 Å². The van der Waals surface area contributed by atoms with Gasteiger partial charge in [0.1, 0.15) is 13.2 Å². The van der Waals surface area contributed by atoms with Gasteiger partial charge in [-0.05, 0) is 47.7 Å². The van der Waals surface area contributed by atoms with E-state index in [4.69, 9.17) is 23.7 Å². The lowest BCUT2D eigenvalue weighted by Gasteiger charge is -2.14. The van der Waals surface area contributed by atoms with Gasteiger partial charge in [-0.2, -0.15) is 0 Å².